The van der Waals surface area contributed by atoms with Crippen LogP contribution in [0.25, 0.3) is 0 Å². The molecule has 0 aliphatic heterocycles. The van der Waals surface area contributed by atoms with Crippen LogP contribution >= 0.6 is 11.3 Å². The normalized spacial score (nSPS) is 9.21. The lowest BCUT2D eigenvalue weighted by Crippen LogP contribution is -1.73. The number of aryl methyl sites for hydroxylation is 1. The predicted molar refractivity (Wildman–Crippen MR) is 61.5 cm³/mol. The van der Waals surface area contributed by atoms with Gasteiger partial charge in [0, 0.05) is 5.56 Å². The van der Waals surface area contributed by atoms with E-state index in [1.54, 1.807) is 11.3 Å². The third kappa shape index (κ3) is 2.04. The van der Waals surface area contributed by atoms with Crippen molar-refractivity contribution in [3.63, 3.8) is 0 Å². The molecule has 0 saturated carbocycles. The van der Waals surface area contributed by atoms with E-state index in [1.807, 2.05) is 30.3 Å². The van der Waals surface area contributed by atoms with Gasteiger partial charge in [-0.15, -0.1) is 11.3 Å². The van der Waals surface area contributed by atoms with Gasteiger partial charge < -0.3 is 0 Å². The lowest BCUT2D eigenvalue weighted by atomic mass is 10.2. The zero-order valence-corrected chi connectivity index (χ0v) is 8.77. The minimum Gasteiger partial charge on any atom is -0.135 e. The van der Waals surface area contributed by atoms with Crippen LogP contribution in [0.5, 0.6) is 0 Å². The van der Waals surface area contributed by atoms with Gasteiger partial charge in [-0.2, -0.15) is 0 Å². The van der Waals surface area contributed by atoms with Gasteiger partial charge in [0.15, 0.2) is 0 Å². The molecule has 0 radical (unpaired) electrons. The van der Waals surface area contributed by atoms with Gasteiger partial charge in [0.25, 0.3) is 0 Å². The van der Waals surface area contributed by atoms with Crippen LogP contribution in [0.15, 0.2) is 41.8 Å². The van der Waals surface area contributed by atoms with Gasteiger partial charge in [0.2, 0.25) is 0 Å². The van der Waals surface area contributed by atoms with E-state index in [0.717, 1.165) is 10.4 Å². The van der Waals surface area contributed by atoms with Crippen LogP contribution in [0.4, 0.5) is 0 Å². The molecule has 0 saturated heterocycles. The summed E-state index contributed by atoms with van der Waals surface area (Å²) in [5.41, 5.74) is 2.33. The van der Waals surface area contributed by atoms with Gasteiger partial charge in [-0.1, -0.05) is 30.0 Å². The number of thiophene rings is 1. The summed E-state index contributed by atoms with van der Waals surface area (Å²) < 4.78 is 0. The largest absolute Gasteiger partial charge is 0.135 e. The maximum Gasteiger partial charge on any atom is 0.0801 e. The van der Waals surface area contributed by atoms with Crippen LogP contribution in [0.3, 0.4) is 0 Å². The van der Waals surface area contributed by atoms with Crippen molar-refractivity contribution in [2.75, 3.05) is 0 Å². The smallest absolute Gasteiger partial charge is 0.0801 e. The second-order valence-corrected chi connectivity index (χ2v) is 3.96. The zero-order chi connectivity index (χ0) is 9.80. The van der Waals surface area contributed by atoms with E-state index in [1.165, 1.54) is 5.56 Å². The first-order valence-electron chi connectivity index (χ1n) is 4.47. The molecule has 0 fully saturated rings. The number of hydrogen-bond donors (Lipinski definition) is 0. The summed E-state index contributed by atoms with van der Waals surface area (Å²) in [7, 11) is 0. The fourth-order valence-electron chi connectivity index (χ4n) is 1.15. The van der Waals surface area contributed by atoms with E-state index in [0.29, 0.717) is 0 Å². The van der Waals surface area contributed by atoms with Crippen LogP contribution in [0.2, 0.25) is 0 Å². The molecule has 0 aliphatic rings. The summed E-state index contributed by atoms with van der Waals surface area (Å²) in [5, 5.41) is 2.07. The molecule has 0 aliphatic carbocycles. The minimum absolute atomic E-state index is 1.07. The first-order chi connectivity index (χ1) is 6.86. The van der Waals surface area contributed by atoms with E-state index < -0.39 is 0 Å². The van der Waals surface area contributed by atoms with Gasteiger partial charge in [0.1, 0.15) is 0 Å². The standard InChI is InChI=1S/C13H10S/c1-11-9-10-14-13(11)8-7-12-5-3-2-4-6-12/h2-6,9-10H,1H3. The van der Waals surface area contributed by atoms with Gasteiger partial charge >= 0.3 is 0 Å². The van der Waals surface area contributed by atoms with Crippen LogP contribution in [-0.4, -0.2) is 0 Å². The molecule has 0 unspecified atom stereocenters. The lowest BCUT2D eigenvalue weighted by Gasteiger charge is -1.87. The number of benzene rings is 1. The monoisotopic (exact) mass is 198 g/mol. The highest BCUT2D eigenvalue weighted by molar-refractivity contribution is 7.10. The maximum absolute atomic E-state index is 3.18. The Kier molecular flexibility index (Phi) is 2.67. The molecule has 1 heteroatoms. The highest BCUT2D eigenvalue weighted by atomic mass is 32.1. The first-order valence-corrected chi connectivity index (χ1v) is 5.35. The van der Waals surface area contributed by atoms with Crippen molar-refractivity contribution in [1.82, 2.24) is 0 Å². The number of rotatable bonds is 0. The summed E-state index contributed by atoms with van der Waals surface area (Å²) >= 11 is 1.70. The van der Waals surface area contributed by atoms with Crippen molar-refractivity contribution in [1.29, 1.82) is 0 Å². The van der Waals surface area contributed by atoms with Crippen LogP contribution in [-0.2, 0) is 0 Å². The van der Waals surface area contributed by atoms with Gasteiger partial charge in [-0.3, -0.25) is 0 Å². The van der Waals surface area contributed by atoms with Gasteiger partial charge in [0.05, 0.1) is 4.88 Å². The Morgan fingerprint density at radius 1 is 1.00 bits per heavy atom. The second-order valence-electron chi connectivity index (χ2n) is 3.05. The molecule has 0 nitrogen and oxygen atoms in total. The molecule has 68 valence electrons. The molecule has 2 rings (SSSR count). The highest BCUT2D eigenvalue weighted by Crippen LogP contribution is 2.13. The van der Waals surface area contributed by atoms with Crippen LogP contribution in [0.1, 0.15) is 16.0 Å². The van der Waals surface area contributed by atoms with Crippen molar-refractivity contribution in [3.8, 4) is 11.8 Å². The summed E-state index contributed by atoms with van der Waals surface area (Å²) in [6, 6.07) is 12.2. The van der Waals surface area contributed by atoms with Gasteiger partial charge in [-0.25, -0.2) is 0 Å². The van der Waals surface area contributed by atoms with Crippen LogP contribution in [0, 0.1) is 18.8 Å². The summed E-state index contributed by atoms with van der Waals surface area (Å²) in [6.45, 7) is 2.09. The van der Waals surface area contributed by atoms with Crippen molar-refractivity contribution < 1.29 is 0 Å². The molecule has 1 heterocycles. The summed E-state index contributed by atoms with van der Waals surface area (Å²) in [4.78, 5) is 1.16. The summed E-state index contributed by atoms with van der Waals surface area (Å²) in [5.74, 6) is 6.33. The van der Waals surface area contributed by atoms with Crippen molar-refractivity contribution in [2.45, 2.75) is 6.92 Å². The Morgan fingerprint density at radius 2 is 1.79 bits per heavy atom. The van der Waals surface area contributed by atoms with Crippen molar-refractivity contribution in [3.05, 3.63) is 57.8 Å². The highest BCUT2D eigenvalue weighted by Gasteiger charge is 1.93. The average Bonchev–Trinajstić information content (AvgIpc) is 2.63. The van der Waals surface area contributed by atoms with E-state index in [-0.39, 0.29) is 0 Å². The molecule has 0 atom stereocenters. The Hall–Kier alpha value is -1.52. The Labute approximate surface area is 88.2 Å². The van der Waals surface area contributed by atoms with Crippen LogP contribution < -0.4 is 0 Å². The Bertz CT molecular complexity index is 469. The van der Waals surface area contributed by atoms with E-state index in [2.05, 4.69) is 30.2 Å². The molecule has 0 bridgehead atoms. The van der Waals surface area contributed by atoms with Crippen molar-refractivity contribution >= 4 is 11.3 Å². The molecule has 1 aromatic carbocycles. The van der Waals surface area contributed by atoms with Crippen molar-refractivity contribution in [2.24, 2.45) is 0 Å². The molecular formula is C13H10S. The quantitative estimate of drug-likeness (QED) is 0.569. The molecule has 0 amide bonds. The molecule has 0 spiro atoms. The second kappa shape index (κ2) is 4.13. The first kappa shape index (κ1) is 9.05. The van der Waals surface area contributed by atoms with Gasteiger partial charge in [-0.05, 0) is 36.1 Å². The summed E-state index contributed by atoms with van der Waals surface area (Å²) in [6.07, 6.45) is 0. The number of hydrogen-bond acceptors (Lipinski definition) is 1. The lowest BCUT2D eigenvalue weighted by molar-refractivity contribution is 1.53. The third-order valence-corrected chi connectivity index (χ3v) is 2.89. The molecule has 0 N–H and O–H groups in total. The predicted octanol–water partition coefficient (Wildman–Crippen LogP) is 3.46. The molecule has 1 aromatic heterocycles. The Morgan fingerprint density at radius 3 is 2.43 bits per heavy atom. The topological polar surface area (TPSA) is 0 Å². The molecule has 2 aromatic rings. The van der Waals surface area contributed by atoms with E-state index in [4.69, 9.17) is 0 Å². The average molecular weight is 198 g/mol. The van der Waals surface area contributed by atoms with E-state index in [9.17, 15) is 0 Å². The maximum atomic E-state index is 3.18. The fourth-order valence-corrected chi connectivity index (χ4v) is 1.92. The SMILES string of the molecule is Cc1ccsc1C#Cc1ccccc1. The Balaban J connectivity index is 2.28. The fraction of sp³-hybridized carbons (Fsp3) is 0.0769. The molecular weight excluding hydrogens is 188 g/mol. The minimum atomic E-state index is 1.07. The molecule has 14 heavy (non-hydrogen) atoms. The zero-order valence-electron chi connectivity index (χ0n) is 7.95. The van der Waals surface area contributed by atoms with E-state index >= 15 is 0 Å². The third-order valence-electron chi connectivity index (χ3n) is 1.96.